The Kier molecular flexibility index (Phi) is 3.69. The Labute approximate surface area is 121 Å². The van der Waals surface area contributed by atoms with Gasteiger partial charge < -0.3 is 0 Å². The minimum atomic E-state index is -3.93. The first-order valence-electron chi connectivity index (χ1n) is 6.01. The van der Waals surface area contributed by atoms with Crippen molar-refractivity contribution in [2.24, 2.45) is 0 Å². The summed E-state index contributed by atoms with van der Waals surface area (Å²) in [6.45, 7) is 4.93. The number of nitrogens with one attached hydrogen (secondary N) is 2. The molecule has 0 atom stereocenters. The molecule has 0 bridgehead atoms. The van der Waals surface area contributed by atoms with E-state index in [0.29, 0.717) is 16.8 Å². The Morgan fingerprint density at radius 3 is 2.43 bits per heavy atom. The minimum absolute atomic E-state index is 0.133. The van der Waals surface area contributed by atoms with Gasteiger partial charge >= 0.3 is 0 Å². The molecule has 2 aromatic rings. The average molecular weight is 310 g/mol. The maximum absolute atomic E-state index is 12.3. The van der Waals surface area contributed by atoms with Crippen LogP contribution in [0, 0.1) is 30.9 Å². The van der Waals surface area contributed by atoms with Gasteiger partial charge in [0.15, 0.2) is 5.82 Å². The molecule has 0 unspecified atom stereocenters. The van der Waals surface area contributed by atoms with Gasteiger partial charge in [0.2, 0.25) is 0 Å². The number of aryl methyl sites for hydroxylation is 2. The van der Waals surface area contributed by atoms with Gasteiger partial charge in [-0.25, -0.2) is 8.42 Å². The quantitative estimate of drug-likeness (QED) is 0.661. The average Bonchev–Trinajstić information content (AvgIpc) is 2.76. The summed E-state index contributed by atoms with van der Waals surface area (Å²) in [5.41, 5.74) is 1.43. The fraction of sp³-hybridized carbons (Fsp3) is 0.250. The lowest BCUT2D eigenvalue weighted by molar-refractivity contribution is -0.385. The van der Waals surface area contributed by atoms with E-state index < -0.39 is 14.9 Å². The normalized spacial score (nSPS) is 11.4. The van der Waals surface area contributed by atoms with E-state index in [1.54, 1.807) is 20.8 Å². The van der Waals surface area contributed by atoms with Gasteiger partial charge in [0.25, 0.3) is 15.7 Å². The van der Waals surface area contributed by atoms with Crippen molar-refractivity contribution >= 4 is 21.5 Å². The number of aromatic nitrogens is 2. The SMILES string of the molecule is Cc1cc(NS(=O)(=O)c2cc(C)c(C)c([N+](=O)[O-])c2)n[nH]1. The summed E-state index contributed by atoms with van der Waals surface area (Å²) in [6.07, 6.45) is 0. The molecular weight excluding hydrogens is 296 g/mol. The van der Waals surface area contributed by atoms with Crippen molar-refractivity contribution in [2.45, 2.75) is 25.7 Å². The molecule has 9 heteroatoms. The first-order valence-corrected chi connectivity index (χ1v) is 7.49. The topological polar surface area (TPSA) is 118 Å². The number of hydrogen-bond acceptors (Lipinski definition) is 5. The molecule has 0 spiro atoms. The van der Waals surface area contributed by atoms with Gasteiger partial charge in [-0.05, 0) is 32.4 Å². The summed E-state index contributed by atoms with van der Waals surface area (Å²) < 4.78 is 26.8. The number of aromatic amines is 1. The van der Waals surface area contributed by atoms with Crippen LogP contribution in [-0.4, -0.2) is 23.5 Å². The zero-order chi connectivity index (χ0) is 15.8. The van der Waals surface area contributed by atoms with Crippen molar-refractivity contribution in [3.8, 4) is 0 Å². The summed E-state index contributed by atoms with van der Waals surface area (Å²) in [7, 11) is -3.93. The monoisotopic (exact) mass is 310 g/mol. The zero-order valence-electron chi connectivity index (χ0n) is 11.7. The third-order valence-electron chi connectivity index (χ3n) is 3.07. The molecule has 0 aliphatic rings. The first kappa shape index (κ1) is 15.0. The van der Waals surface area contributed by atoms with Crippen LogP contribution in [0.1, 0.15) is 16.8 Å². The number of rotatable bonds is 4. The predicted octanol–water partition coefficient (Wildman–Crippen LogP) is 2.04. The maximum Gasteiger partial charge on any atom is 0.273 e. The smallest absolute Gasteiger partial charge is 0.273 e. The number of nitro benzene ring substituents is 1. The van der Waals surface area contributed by atoms with Crippen LogP contribution in [0.4, 0.5) is 11.5 Å². The van der Waals surface area contributed by atoms with Gasteiger partial charge in [-0.2, -0.15) is 5.10 Å². The van der Waals surface area contributed by atoms with E-state index in [-0.39, 0.29) is 16.4 Å². The standard InChI is InChI=1S/C12H14N4O4S/c1-7-4-10(6-11(9(7)3)16(17)18)21(19,20)15-12-5-8(2)13-14-12/h4-6H,1-3H3,(H2,13,14,15). The molecule has 1 aromatic carbocycles. The molecule has 0 radical (unpaired) electrons. The molecule has 2 N–H and O–H groups in total. The van der Waals surface area contributed by atoms with Crippen LogP contribution in [-0.2, 0) is 10.0 Å². The van der Waals surface area contributed by atoms with Crippen molar-refractivity contribution in [1.82, 2.24) is 10.2 Å². The van der Waals surface area contributed by atoms with Crippen molar-refractivity contribution in [3.63, 3.8) is 0 Å². The lowest BCUT2D eigenvalue weighted by Crippen LogP contribution is -2.14. The molecule has 0 amide bonds. The second-order valence-electron chi connectivity index (χ2n) is 4.68. The van der Waals surface area contributed by atoms with Gasteiger partial charge in [-0.3, -0.25) is 19.9 Å². The highest BCUT2D eigenvalue weighted by Crippen LogP contribution is 2.26. The number of anilines is 1. The van der Waals surface area contributed by atoms with Crippen LogP contribution in [0.25, 0.3) is 0 Å². The van der Waals surface area contributed by atoms with Gasteiger partial charge in [0, 0.05) is 23.4 Å². The molecule has 8 nitrogen and oxygen atoms in total. The molecule has 21 heavy (non-hydrogen) atoms. The third kappa shape index (κ3) is 3.02. The number of sulfonamides is 1. The molecule has 0 aliphatic heterocycles. The third-order valence-corrected chi connectivity index (χ3v) is 4.40. The Hall–Kier alpha value is -2.42. The maximum atomic E-state index is 12.3. The van der Waals surface area contributed by atoms with Crippen LogP contribution in [0.15, 0.2) is 23.1 Å². The fourth-order valence-corrected chi connectivity index (χ4v) is 2.92. The second-order valence-corrected chi connectivity index (χ2v) is 6.37. The van der Waals surface area contributed by atoms with Crippen LogP contribution in [0.5, 0.6) is 0 Å². The number of hydrogen-bond donors (Lipinski definition) is 2. The summed E-state index contributed by atoms with van der Waals surface area (Å²) in [6, 6.07) is 3.96. The second kappa shape index (κ2) is 5.17. The van der Waals surface area contributed by atoms with Crippen molar-refractivity contribution < 1.29 is 13.3 Å². The fourth-order valence-electron chi connectivity index (χ4n) is 1.82. The lowest BCUT2D eigenvalue weighted by Gasteiger charge is -2.08. The molecule has 1 aromatic heterocycles. The van der Waals surface area contributed by atoms with Crippen molar-refractivity contribution in [3.05, 3.63) is 45.1 Å². The first-order chi connectivity index (χ1) is 9.70. The molecule has 0 saturated carbocycles. The van der Waals surface area contributed by atoms with Gasteiger partial charge in [-0.15, -0.1) is 0 Å². The number of H-pyrrole nitrogens is 1. The van der Waals surface area contributed by atoms with Gasteiger partial charge in [-0.1, -0.05) is 0 Å². The Bertz CT molecular complexity index is 811. The summed E-state index contributed by atoms with van der Waals surface area (Å²) >= 11 is 0. The van der Waals surface area contributed by atoms with Crippen LogP contribution in [0.3, 0.4) is 0 Å². The zero-order valence-corrected chi connectivity index (χ0v) is 12.5. The van der Waals surface area contributed by atoms with E-state index in [1.165, 1.54) is 12.1 Å². The largest absolute Gasteiger partial charge is 0.281 e. The Morgan fingerprint density at radius 2 is 1.90 bits per heavy atom. The molecule has 0 aliphatic carbocycles. The predicted molar refractivity (Wildman–Crippen MR) is 76.7 cm³/mol. The van der Waals surface area contributed by atoms with Gasteiger partial charge in [0.1, 0.15) is 0 Å². The summed E-state index contributed by atoms with van der Waals surface area (Å²) in [5, 5.41) is 17.4. The molecule has 0 fully saturated rings. The van der Waals surface area contributed by atoms with Crippen LogP contribution < -0.4 is 4.72 Å². The van der Waals surface area contributed by atoms with Crippen LogP contribution in [0.2, 0.25) is 0 Å². The number of nitro groups is 1. The van der Waals surface area contributed by atoms with E-state index in [4.69, 9.17) is 0 Å². The number of benzene rings is 1. The van der Waals surface area contributed by atoms with Crippen molar-refractivity contribution in [2.75, 3.05) is 4.72 Å². The van der Waals surface area contributed by atoms with E-state index in [1.807, 2.05) is 0 Å². The highest BCUT2D eigenvalue weighted by atomic mass is 32.2. The Morgan fingerprint density at radius 1 is 1.24 bits per heavy atom. The summed E-state index contributed by atoms with van der Waals surface area (Å²) in [5.74, 6) is 0.133. The molecule has 1 heterocycles. The van der Waals surface area contributed by atoms with E-state index >= 15 is 0 Å². The molecule has 112 valence electrons. The highest BCUT2D eigenvalue weighted by Gasteiger charge is 2.22. The van der Waals surface area contributed by atoms with Crippen LogP contribution >= 0.6 is 0 Å². The van der Waals surface area contributed by atoms with E-state index in [9.17, 15) is 18.5 Å². The minimum Gasteiger partial charge on any atom is -0.281 e. The Balaban J connectivity index is 2.47. The summed E-state index contributed by atoms with van der Waals surface area (Å²) in [4.78, 5) is 10.2. The number of nitrogens with zero attached hydrogens (tertiary/aromatic N) is 2. The molecular formula is C12H14N4O4S. The van der Waals surface area contributed by atoms with E-state index in [2.05, 4.69) is 14.9 Å². The van der Waals surface area contributed by atoms with Crippen molar-refractivity contribution in [1.29, 1.82) is 0 Å². The highest BCUT2D eigenvalue weighted by molar-refractivity contribution is 7.92. The molecule has 2 rings (SSSR count). The lowest BCUT2D eigenvalue weighted by atomic mass is 10.1. The van der Waals surface area contributed by atoms with E-state index in [0.717, 1.165) is 6.07 Å². The molecule has 0 saturated heterocycles. The van der Waals surface area contributed by atoms with Gasteiger partial charge in [0.05, 0.1) is 9.82 Å².